The molecule has 2 N–H and O–H groups in total. The minimum atomic E-state index is -0.219. The van der Waals surface area contributed by atoms with Crippen LogP contribution in [0.15, 0.2) is 42.5 Å². The summed E-state index contributed by atoms with van der Waals surface area (Å²) < 4.78 is 19.2. The molecule has 0 aromatic heterocycles. The Bertz CT molecular complexity index is 586. The fraction of sp³-hybridized carbons (Fsp3) is 0.250. The Labute approximate surface area is 118 Å². The van der Waals surface area contributed by atoms with Crippen molar-refractivity contribution >= 4 is 11.4 Å². The summed E-state index contributed by atoms with van der Waals surface area (Å²) in [5, 5.41) is 0. The van der Waals surface area contributed by atoms with Crippen molar-refractivity contribution in [2.45, 2.75) is 13.5 Å². The second-order valence-corrected chi connectivity index (χ2v) is 4.54. The maximum Gasteiger partial charge on any atom is 0.146 e. The van der Waals surface area contributed by atoms with E-state index >= 15 is 0 Å². The van der Waals surface area contributed by atoms with Crippen molar-refractivity contribution in [2.75, 3.05) is 24.3 Å². The SMILES string of the molecule is CCN(Cc1ccc(N)cc1OC)c1ccccc1F. The first-order valence-electron chi connectivity index (χ1n) is 6.57. The zero-order valence-corrected chi connectivity index (χ0v) is 11.8. The van der Waals surface area contributed by atoms with E-state index < -0.39 is 0 Å². The molecule has 2 aromatic rings. The molecule has 3 nitrogen and oxygen atoms in total. The number of nitrogens with zero attached hydrogens (tertiary/aromatic N) is 1. The predicted octanol–water partition coefficient (Wildman–Crippen LogP) is 3.44. The lowest BCUT2D eigenvalue weighted by Gasteiger charge is -2.24. The summed E-state index contributed by atoms with van der Waals surface area (Å²) in [5.41, 5.74) is 7.97. The molecular weight excluding hydrogens is 255 g/mol. The van der Waals surface area contributed by atoms with Gasteiger partial charge in [0.1, 0.15) is 11.6 Å². The van der Waals surface area contributed by atoms with Crippen molar-refractivity contribution < 1.29 is 9.13 Å². The maximum absolute atomic E-state index is 13.9. The van der Waals surface area contributed by atoms with Gasteiger partial charge in [-0.05, 0) is 25.1 Å². The van der Waals surface area contributed by atoms with Crippen molar-refractivity contribution in [1.82, 2.24) is 0 Å². The highest BCUT2D eigenvalue weighted by Gasteiger charge is 2.12. The number of hydrogen-bond donors (Lipinski definition) is 1. The van der Waals surface area contributed by atoms with Gasteiger partial charge < -0.3 is 15.4 Å². The molecule has 0 aliphatic rings. The van der Waals surface area contributed by atoms with Crippen LogP contribution >= 0.6 is 0 Å². The molecular formula is C16H19FN2O. The lowest BCUT2D eigenvalue weighted by atomic mass is 10.1. The minimum absolute atomic E-state index is 0.219. The zero-order valence-electron chi connectivity index (χ0n) is 11.8. The van der Waals surface area contributed by atoms with Gasteiger partial charge >= 0.3 is 0 Å². The first kappa shape index (κ1) is 14.2. The molecule has 0 unspecified atom stereocenters. The molecule has 0 radical (unpaired) electrons. The van der Waals surface area contributed by atoms with Crippen LogP contribution in [0.5, 0.6) is 5.75 Å². The Kier molecular flexibility index (Phi) is 4.45. The molecule has 0 spiro atoms. The van der Waals surface area contributed by atoms with Gasteiger partial charge in [0.2, 0.25) is 0 Å². The molecule has 0 amide bonds. The average molecular weight is 274 g/mol. The molecule has 2 rings (SSSR count). The highest BCUT2D eigenvalue weighted by molar-refractivity contribution is 5.52. The molecule has 4 heteroatoms. The van der Waals surface area contributed by atoms with E-state index in [1.54, 1.807) is 25.3 Å². The molecule has 0 atom stereocenters. The Morgan fingerprint density at radius 1 is 1.20 bits per heavy atom. The summed E-state index contributed by atoms with van der Waals surface area (Å²) in [6.07, 6.45) is 0. The first-order chi connectivity index (χ1) is 9.65. The second kappa shape index (κ2) is 6.28. The number of nitrogen functional groups attached to an aromatic ring is 1. The number of methoxy groups -OCH3 is 1. The summed E-state index contributed by atoms with van der Waals surface area (Å²) in [7, 11) is 1.61. The number of rotatable bonds is 5. The minimum Gasteiger partial charge on any atom is -0.496 e. The van der Waals surface area contributed by atoms with Crippen LogP contribution < -0.4 is 15.4 Å². The Morgan fingerprint density at radius 3 is 2.60 bits per heavy atom. The van der Waals surface area contributed by atoms with Gasteiger partial charge in [-0.1, -0.05) is 18.2 Å². The summed E-state index contributed by atoms with van der Waals surface area (Å²) >= 11 is 0. The van der Waals surface area contributed by atoms with E-state index in [9.17, 15) is 4.39 Å². The number of halogens is 1. The highest BCUT2D eigenvalue weighted by atomic mass is 19.1. The topological polar surface area (TPSA) is 38.5 Å². The normalized spacial score (nSPS) is 10.3. The van der Waals surface area contributed by atoms with Crippen LogP contribution in [-0.4, -0.2) is 13.7 Å². The van der Waals surface area contributed by atoms with Crippen molar-refractivity contribution in [3.05, 3.63) is 53.8 Å². The van der Waals surface area contributed by atoms with Gasteiger partial charge in [0.05, 0.1) is 12.8 Å². The van der Waals surface area contributed by atoms with E-state index in [-0.39, 0.29) is 5.82 Å². The fourth-order valence-electron chi connectivity index (χ4n) is 2.17. The van der Waals surface area contributed by atoms with E-state index in [1.807, 2.05) is 30.0 Å². The molecule has 0 bridgehead atoms. The molecule has 0 saturated heterocycles. The third-order valence-corrected chi connectivity index (χ3v) is 3.25. The lowest BCUT2D eigenvalue weighted by Crippen LogP contribution is -2.23. The van der Waals surface area contributed by atoms with Crippen molar-refractivity contribution in [3.8, 4) is 5.75 Å². The van der Waals surface area contributed by atoms with Crippen LogP contribution in [0.3, 0.4) is 0 Å². The van der Waals surface area contributed by atoms with Crippen LogP contribution in [-0.2, 0) is 6.54 Å². The predicted molar refractivity (Wildman–Crippen MR) is 80.5 cm³/mol. The van der Waals surface area contributed by atoms with E-state index in [4.69, 9.17) is 10.5 Å². The zero-order chi connectivity index (χ0) is 14.5. The number of ether oxygens (including phenoxy) is 1. The summed E-state index contributed by atoms with van der Waals surface area (Å²) in [5.74, 6) is 0.503. The Hall–Kier alpha value is -2.23. The number of benzene rings is 2. The standard InChI is InChI=1S/C16H19FN2O/c1-3-19(15-7-5-4-6-14(15)17)11-12-8-9-13(18)10-16(12)20-2/h4-10H,3,11,18H2,1-2H3. The van der Waals surface area contributed by atoms with Gasteiger partial charge in [0, 0.05) is 30.4 Å². The van der Waals surface area contributed by atoms with Gasteiger partial charge in [0.15, 0.2) is 0 Å². The van der Waals surface area contributed by atoms with Gasteiger partial charge in [-0.2, -0.15) is 0 Å². The van der Waals surface area contributed by atoms with Crippen LogP contribution in [0.1, 0.15) is 12.5 Å². The third-order valence-electron chi connectivity index (χ3n) is 3.25. The van der Waals surface area contributed by atoms with E-state index in [0.717, 1.165) is 11.3 Å². The van der Waals surface area contributed by atoms with Crippen LogP contribution in [0.4, 0.5) is 15.8 Å². The fourth-order valence-corrected chi connectivity index (χ4v) is 2.17. The molecule has 0 aliphatic heterocycles. The van der Waals surface area contributed by atoms with Crippen molar-refractivity contribution in [2.24, 2.45) is 0 Å². The first-order valence-corrected chi connectivity index (χ1v) is 6.57. The molecule has 0 heterocycles. The molecule has 0 saturated carbocycles. The van der Waals surface area contributed by atoms with Crippen molar-refractivity contribution in [3.63, 3.8) is 0 Å². The largest absolute Gasteiger partial charge is 0.496 e. The monoisotopic (exact) mass is 274 g/mol. The third kappa shape index (κ3) is 3.02. The van der Waals surface area contributed by atoms with Crippen molar-refractivity contribution in [1.29, 1.82) is 0 Å². The number of anilines is 2. The van der Waals surface area contributed by atoms with Crippen LogP contribution in [0.25, 0.3) is 0 Å². The summed E-state index contributed by atoms with van der Waals surface area (Å²) in [6, 6.07) is 12.3. The van der Waals surface area contributed by atoms with Gasteiger partial charge in [-0.3, -0.25) is 0 Å². The maximum atomic E-state index is 13.9. The molecule has 0 fully saturated rings. The van der Waals surface area contributed by atoms with Crippen LogP contribution in [0, 0.1) is 5.82 Å². The lowest BCUT2D eigenvalue weighted by molar-refractivity contribution is 0.409. The number of nitrogens with two attached hydrogens (primary N) is 1. The quantitative estimate of drug-likeness (QED) is 0.849. The van der Waals surface area contributed by atoms with Crippen LogP contribution in [0.2, 0.25) is 0 Å². The number of para-hydroxylation sites is 1. The smallest absolute Gasteiger partial charge is 0.146 e. The van der Waals surface area contributed by atoms with Gasteiger partial charge in [0.25, 0.3) is 0 Å². The molecule has 2 aromatic carbocycles. The average Bonchev–Trinajstić information content (AvgIpc) is 2.47. The summed E-state index contributed by atoms with van der Waals surface area (Å²) in [6.45, 7) is 3.27. The Morgan fingerprint density at radius 2 is 1.95 bits per heavy atom. The van der Waals surface area contributed by atoms with E-state index in [0.29, 0.717) is 24.5 Å². The molecule has 20 heavy (non-hydrogen) atoms. The summed E-state index contributed by atoms with van der Waals surface area (Å²) in [4.78, 5) is 1.96. The van der Waals surface area contributed by atoms with E-state index in [1.165, 1.54) is 6.07 Å². The second-order valence-electron chi connectivity index (χ2n) is 4.54. The molecule has 0 aliphatic carbocycles. The van der Waals surface area contributed by atoms with Gasteiger partial charge in [-0.15, -0.1) is 0 Å². The molecule has 106 valence electrons. The highest BCUT2D eigenvalue weighted by Crippen LogP contribution is 2.26. The van der Waals surface area contributed by atoms with Gasteiger partial charge in [-0.25, -0.2) is 4.39 Å². The Balaban J connectivity index is 2.29. The van der Waals surface area contributed by atoms with E-state index in [2.05, 4.69) is 0 Å². The number of hydrogen-bond acceptors (Lipinski definition) is 3.